The van der Waals surface area contributed by atoms with Crippen LogP contribution in [0.3, 0.4) is 0 Å². The first-order valence-corrected chi connectivity index (χ1v) is 2.36. The van der Waals surface area contributed by atoms with Crippen LogP contribution in [0.1, 0.15) is 13.8 Å². The van der Waals surface area contributed by atoms with E-state index in [-0.39, 0.29) is 6.61 Å². The highest BCUT2D eigenvalue weighted by molar-refractivity contribution is 5.78. The standard InChI is InChI=1S/C5H11NO/c1-5(2)6-3-4-7/h7H,3-4H2,1-2H3. The highest BCUT2D eigenvalue weighted by atomic mass is 16.3. The van der Waals surface area contributed by atoms with Gasteiger partial charge in [-0.2, -0.15) is 0 Å². The lowest BCUT2D eigenvalue weighted by atomic mass is 10.5. The molecule has 0 aliphatic carbocycles. The van der Waals surface area contributed by atoms with E-state index in [0.717, 1.165) is 5.71 Å². The van der Waals surface area contributed by atoms with Crippen molar-refractivity contribution in [3.05, 3.63) is 0 Å². The summed E-state index contributed by atoms with van der Waals surface area (Å²) in [7, 11) is 0. The maximum Gasteiger partial charge on any atom is 0.0626 e. The van der Waals surface area contributed by atoms with Gasteiger partial charge in [-0.25, -0.2) is 0 Å². The molecule has 0 aromatic heterocycles. The fraction of sp³-hybridized carbons (Fsp3) is 0.800. The third kappa shape index (κ3) is 5.63. The second-order valence-electron chi connectivity index (χ2n) is 1.55. The summed E-state index contributed by atoms with van der Waals surface area (Å²) in [5.41, 5.74) is 1.02. The molecule has 0 radical (unpaired) electrons. The largest absolute Gasteiger partial charge is 0.394 e. The molecule has 0 unspecified atom stereocenters. The third-order valence-electron chi connectivity index (χ3n) is 0.528. The molecule has 2 nitrogen and oxygen atoms in total. The lowest BCUT2D eigenvalue weighted by molar-refractivity contribution is 0.307. The van der Waals surface area contributed by atoms with Crippen molar-refractivity contribution in [1.29, 1.82) is 0 Å². The average molecular weight is 101 g/mol. The summed E-state index contributed by atoms with van der Waals surface area (Å²) < 4.78 is 0. The van der Waals surface area contributed by atoms with Gasteiger partial charge >= 0.3 is 0 Å². The van der Waals surface area contributed by atoms with Gasteiger partial charge in [0.2, 0.25) is 0 Å². The molecular formula is C5H11NO. The van der Waals surface area contributed by atoms with E-state index in [1.54, 1.807) is 0 Å². The van der Waals surface area contributed by atoms with Crippen molar-refractivity contribution in [3.8, 4) is 0 Å². The molecule has 0 aliphatic heterocycles. The van der Waals surface area contributed by atoms with Crippen molar-refractivity contribution in [2.75, 3.05) is 13.2 Å². The van der Waals surface area contributed by atoms with Gasteiger partial charge in [0.05, 0.1) is 13.2 Å². The first kappa shape index (κ1) is 6.63. The van der Waals surface area contributed by atoms with E-state index in [9.17, 15) is 0 Å². The van der Waals surface area contributed by atoms with Gasteiger partial charge in [0, 0.05) is 5.71 Å². The zero-order chi connectivity index (χ0) is 5.70. The van der Waals surface area contributed by atoms with Crippen LogP contribution in [-0.2, 0) is 0 Å². The van der Waals surface area contributed by atoms with E-state index in [1.165, 1.54) is 0 Å². The van der Waals surface area contributed by atoms with E-state index in [4.69, 9.17) is 5.11 Å². The van der Waals surface area contributed by atoms with Gasteiger partial charge in [0.25, 0.3) is 0 Å². The number of aliphatic hydroxyl groups is 1. The molecule has 0 atom stereocenters. The van der Waals surface area contributed by atoms with Crippen molar-refractivity contribution in [1.82, 2.24) is 0 Å². The van der Waals surface area contributed by atoms with Crippen LogP contribution in [0.25, 0.3) is 0 Å². The van der Waals surface area contributed by atoms with E-state index >= 15 is 0 Å². The molecule has 0 saturated heterocycles. The molecule has 1 N–H and O–H groups in total. The molecule has 0 saturated carbocycles. The lowest BCUT2D eigenvalue weighted by Gasteiger charge is -1.85. The quantitative estimate of drug-likeness (QED) is 0.503. The Morgan fingerprint density at radius 3 is 2.29 bits per heavy atom. The van der Waals surface area contributed by atoms with E-state index in [1.807, 2.05) is 13.8 Å². The van der Waals surface area contributed by atoms with Gasteiger partial charge in [-0.15, -0.1) is 0 Å². The number of hydrogen-bond acceptors (Lipinski definition) is 2. The van der Waals surface area contributed by atoms with Gasteiger partial charge in [0.1, 0.15) is 0 Å². The smallest absolute Gasteiger partial charge is 0.0626 e. The maximum absolute atomic E-state index is 8.21. The minimum Gasteiger partial charge on any atom is -0.394 e. The van der Waals surface area contributed by atoms with Crippen molar-refractivity contribution < 1.29 is 5.11 Å². The van der Waals surface area contributed by atoms with E-state index < -0.39 is 0 Å². The van der Waals surface area contributed by atoms with Crippen LogP contribution in [0, 0.1) is 0 Å². The SMILES string of the molecule is CC(C)=NCCO. The molecule has 0 amide bonds. The normalized spacial score (nSPS) is 8.43. The Bertz CT molecular complexity index is 64.5. The van der Waals surface area contributed by atoms with Gasteiger partial charge in [-0.1, -0.05) is 0 Å². The van der Waals surface area contributed by atoms with Crippen LogP contribution in [0.5, 0.6) is 0 Å². The molecule has 0 rings (SSSR count). The Morgan fingerprint density at radius 1 is 1.57 bits per heavy atom. The zero-order valence-electron chi connectivity index (χ0n) is 4.81. The molecule has 42 valence electrons. The summed E-state index contributed by atoms with van der Waals surface area (Å²) >= 11 is 0. The van der Waals surface area contributed by atoms with Crippen LogP contribution in [0.2, 0.25) is 0 Å². The maximum atomic E-state index is 8.21. The zero-order valence-corrected chi connectivity index (χ0v) is 4.81. The van der Waals surface area contributed by atoms with Crippen molar-refractivity contribution >= 4 is 5.71 Å². The van der Waals surface area contributed by atoms with Gasteiger partial charge in [-0.05, 0) is 13.8 Å². The molecule has 0 aromatic rings. The monoisotopic (exact) mass is 101 g/mol. The summed E-state index contributed by atoms with van der Waals surface area (Å²) in [6, 6.07) is 0. The molecule has 0 fully saturated rings. The predicted molar refractivity (Wildman–Crippen MR) is 30.7 cm³/mol. The van der Waals surface area contributed by atoms with Crippen molar-refractivity contribution in [2.24, 2.45) is 4.99 Å². The molecule has 0 bridgehead atoms. The molecule has 2 heteroatoms. The molecule has 7 heavy (non-hydrogen) atoms. The number of aliphatic imine (C=N–C) groups is 1. The van der Waals surface area contributed by atoms with Gasteiger partial charge < -0.3 is 5.11 Å². The molecule has 0 aromatic carbocycles. The van der Waals surface area contributed by atoms with Crippen molar-refractivity contribution in [3.63, 3.8) is 0 Å². The highest BCUT2D eigenvalue weighted by Gasteiger charge is 1.74. The second kappa shape index (κ2) is 3.81. The van der Waals surface area contributed by atoms with Crippen molar-refractivity contribution in [2.45, 2.75) is 13.8 Å². The Hall–Kier alpha value is -0.370. The first-order valence-electron chi connectivity index (χ1n) is 2.36. The molecular weight excluding hydrogens is 90.1 g/mol. The lowest BCUT2D eigenvalue weighted by Crippen LogP contribution is -1.90. The first-order chi connectivity index (χ1) is 3.27. The predicted octanol–water partition coefficient (Wildman–Crippen LogP) is 0.460. The average Bonchev–Trinajstić information content (AvgIpc) is 1.61. The minimum absolute atomic E-state index is 0.158. The topological polar surface area (TPSA) is 32.6 Å². The van der Waals surface area contributed by atoms with Crippen LogP contribution >= 0.6 is 0 Å². The third-order valence-corrected chi connectivity index (χ3v) is 0.528. The van der Waals surface area contributed by atoms with Crippen LogP contribution in [0.4, 0.5) is 0 Å². The number of hydrogen-bond donors (Lipinski definition) is 1. The Labute approximate surface area is 43.9 Å². The van der Waals surface area contributed by atoms with Crippen LogP contribution in [-0.4, -0.2) is 24.0 Å². The second-order valence-corrected chi connectivity index (χ2v) is 1.55. The minimum atomic E-state index is 0.158. The Kier molecular flexibility index (Phi) is 3.61. The fourth-order valence-electron chi connectivity index (χ4n) is 0.274. The molecule has 0 spiro atoms. The summed E-state index contributed by atoms with van der Waals surface area (Å²) in [6.07, 6.45) is 0. The molecule has 0 aliphatic rings. The fourth-order valence-corrected chi connectivity index (χ4v) is 0.274. The summed E-state index contributed by atoms with van der Waals surface area (Å²) in [5.74, 6) is 0. The summed E-state index contributed by atoms with van der Waals surface area (Å²) in [5, 5.41) is 8.21. The Balaban J connectivity index is 3.08. The van der Waals surface area contributed by atoms with Gasteiger partial charge in [-0.3, -0.25) is 4.99 Å². The highest BCUT2D eigenvalue weighted by Crippen LogP contribution is 1.71. The van der Waals surface area contributed by atoms with E-state index in [0.29, 0.717) is 6.54 Å². The van der Waals surface area contributed by atoms with Crippen LogP contribution < -0.4 is 0 Å². The van der Waals surface area contributed by atoms with Crippen LogP contribution in [0.15, 0.2) is 4.99 Å². The number of rotatable bonds is 2. The van der Waals surface area contributed by atoms with Gasteiger partial charge in [0.15, 0.2) is 0 Å². The molecule has 0 heterocycles. The summed E-state index contributed by atoms with van der Waals surface area (Å²) in [4.78, 5) is 3.91. The number of nitrogens with zero attached hydrogens (tertiary/aromatic N) is 1. The number of aliphatic hydroxyl groups excluding tert-OH is 1. The van der Waals surface area contributed by atoms with E-state index in [2.05, 4.69) is 4.99 Å². The summed E-state index contributed by atoms with van der Waals surface area (Å²) in [6.45, 7) is 4.53. The Morgan fingerprint density at radius 2 is 2.14 bits per heavy atom.